The van der Waals surface area contributed by atoms with Gasteiger partial charge in [0.1, 0.15) is 16.5 Å². The second-order valence-electron chi connectivity index (χ2n) is 3.90. The summed E-state index contributed by atoms with van der Waals surface area (Å²) >= 11 is 1.39. The lowest BCUT2D eigenvalue weighted by molar-refractivity contribution is 0.0989. The van der Waals surface area contributed by atoms with Crippen LogP contribution in [0.5, 0.6) is 5.75 Å². The maximum atomic E-state index is 12.3. The molecule has 2 N–H and O–H groups in total. The van der Waals surface area contributed by atoms with Crippen LogP contribution >= 0.6 is 11.3 Å². The SMILES string of the molecule is COc1cccc(N(C)C(=O)c2csc(CN)n2)c1. The molecule has 0 saturated heterocycles. The van der Waals surface area contributed by atoms with Gasteiger partial charge in [-0.1, -0.05) is 6.07 Å². The molecule has 100 valence electrons. The van der Waals surface area contributed by atoms with Gasteiger partial charge in [-0.3, -0.25) is 4.79 Å². The van der Waals surface area contributed by atoms with Crippen molar-refractivity contribution >= 4 is 22.9 Å². The molecule has 19 heavy (non-hydrogen) atoms. The number of benzene rings is 1. The number of hydrogen-bond donors (Lipinski definition) is 1. The molecule has 0 aliphatic carbocycles. The molecule has 1 heterocycles. The van der Waals surface area contributed by atoms with Crippen LogP contribution in [-0.2, 0) is 6.54 Å². The number of carbonyl (C=O) groups excluding carboxylic acids is 1. The highest BCUT2D eigenvalue weighted by Crippen LogP contribution is 2.21. The Morgan fingerprint density at radius 2 is 2.32 bits per heavy atom. The molecule has 1 aromatic carbocycles. The minimum Gasteiger partial charge on any atom is -0.497 e. The number of aromatic nitrogens is 1. The highest BCUT2D eigenvalue weighted by molar-refractivity contribution is 7.09. The monoisotopic (exact) mass is 277 g/mol. The maximum Gasteiger partial charge on any atom is 0.277 e. The molecule has 1 aromatic heterocycles. The van der Waals surface area contributed by atoms with Crippen molar-refractivity contribution in [3.05, 3.63) is 40.3 Å². The zero-order valence-electron chi connectivity index (χ0n) is 10.8. The second-order valence-corrected chi connectivity index (χ2v) is 4.84. The van der Waals surface area contributed by atoms with Crippen molar-refractivity contribution in [3.8, 4) is 5.75 Å². The summed E-state index contributed by atoms with van der Waals surface area (Å²) in [5.41, 5.74) is 6.66. The number of amides is 1. The van der Waals surface area contributed by atoms with E-state index in [4.69, 9.17) is 10.5 Å². The van der Waals surface area contributed by atoms with E-state index in [9.17, 15) is 4.79 Å². The highest BCUT2D eigenvalue weighted by atomic mass is 32.1. The molecule has 0 aliphatic heterocycles. The van der Waals surface area contributed by atoms with Gasteiger partial charge in [-0.05, 0) is 12.1 Å². The lowest BCUT2D eigenvalue weighted by Gasteiger charge is -2.16. The van der Waals surface area contributed by atoms with Crippen molar-refractivity contribution < 1.29 is 9.53 Å². The molecule has 0 atom stereocenters. The number of anilines is 1. The summed E-state index contributed by atoms with van der Waals surface area (Å²) < 4.78 is 5.14. The molecule has 2 rings (SSSR count). The van der Waals surface area contributed by atoms with Crippen molar-refractivity contribution in [1.29, 1.82) is 0 Å². The van der Waals surface area contributed by atoms with Crippen LogP contribution in [0.2, 0.25) is 0 Å². The quantitative estimate of drug-likeness (QED) is 0.926. The van der Waals surface area contributed by atoms with Gasteiger partial charge in [-0.25, -0.2) is 4.98 Å². The van der Waals surface area contributed by atoms with E-state index in [1.54, 1.807) is 25.6 Å². The van der Waals surface area contributed by atoms with Crippen LogP contribution in [0.15, 0.2) is 29.6 Å². The Bertz CT molecular complexity index is 583. The number of ether oxygens (including phenoxy) is 1. The fourth-order valence-corrected chi connectivity index (χ4v) is 2.26. The van der Waals surface area contributed by atoms with E-state index in [1.165, 1.54) is 16.2 Å². The summed E-state index contributed by atoms with van der Waals surface area (Å²) in [6.45, 7) is 0.348. The molecule has 0 spiro atoms. The van der Waals surface area contributed by atoms with Gasteiger partial charge in [0.25, 0.3) is 5.91 Å². The smallest absolute Gasteiger partial charge is 0.277 e. The van der Waals surface area contributed by atoms with Crippen molar-refractivity contribution in [2.24, 2.45) is 5.73 Å². The summed E-state index contributed by atoms with van der Waals surface area (Å²) in [6.07, 6.45) is 0. The average Bonchev–Trinajstić information content (AvgIpc) is 2.94. The first-order valence-corrected chi connectivity index (χ1v) is 6.60. The summed E-state index contributed by atoms with van der Waals surface area (Å²) in [5.74, 6) is 0.544. The normalized spacial score (nSPS) is 10.3. The summed E-state index contributed by atoms with van der Waals surface area (Å²) in [4.78, 5) is 18.0. The Labute approximate surface area is 115 Å². The van der Waals surface area contributed by atoms with Crippen LogP contribution in [-0.4, -0.2) is 25.0 Å². The number of hydrogen-bond acceptors (Lipinski definition) is 5. The lowest BCUT2D eigenvalue weighted by atomic mass is 10.2. The molecule has 1 amide bonds. The number of methoxy groups -OCH3 is 1. The third kappa shape index (κ3) is 2.91. The summed E-state index contributed by atoms with van der Waals surface area (Å²) in [6, 6.07) is 7.31. The average molecular weight is 277 g/mol. The van der Waals surface area contributed by atoms with Gasteiger partial charge >= 0.3 is 0 Å². The standard InChI is InChI=1S/C13H15N3O2S/c1-16(9-4-3-5-10(6-9)18-2)13(17)11-8-19-12(7-14)15-11/h3-6,8H,7,14H2,1-2H3. The molecule has 0 bridgehead atoms. The molecule has 2 aromatic rings. The number of carbonyl (C=O) groups is 1. The summed E-state index contributed by atoms with van der Waals surface area (Å²) in [7, 11) is 3.30. The molecule has 6 heteroatoms. The van der Waals surface area contributed by atoms with Crippen LogP contribution in [0.25, 0.3) is 0 Å². The highest BCUT2D eigenvalue weighted by Gasteiger charge is 2.16. The van der Waals surface area contributed by atoms with Crippen molar-refractivity contribution in [2.75, 3.05) is 19.1 Å². The Balaban J connectivity index is 2.22. The number of rotatable bonds is 4. The minimum atomic E-state index is -0.163. The molecule has 0 aliphatic rings. The molecule has 0 saturated carbocycles. The van der Waals surface area contributed by atoms with Crippen LogP contribution in [0.3, 0.4) is 0 Å². The fourth-order valence-electron chi connectivity index (χ4n) is 1.61. The van der Waals surface area contributed by atoms with Crippen molar-refractivity contribution in [1.82, 2.24) is 4.98 Å². The van der Waals surface area contributed by atoms with Gasteiger partial charge < -0.3 is 15.4 Å². The van der Waals surface area contributed by atoms with Crippen LogP contribution in [0, 0.1) is 0 Å². The fraction of sp³-hybridized carbons (Fsp3) is 0.231. The van der Waals surface area contributed by atoms with Crippen LogP contribution in [0.4, 0.5) is 5.69 Å². The molecular formula is C13H15N3O2S. The second kappa shape index (κ2) is 5.81. The Morgan fingerprint density at radius 3 is 2.95 bits per heavy atom. The molecule has 0 unspecified atom stereocenters. The predicted octanol–water partition coefficient (Wildman–Crippen LogP) is 1.89. The van der Waals surface area contributed by atoms with E-state index in [2.05, 4.69) is 4.98 Å². The number of nitrogens with zero attached hydrogens (tertiary/aromatic N) is 2. The van der Waals surface area contributed by atoms with Gasteiger partial charge in [0, 0.05) is 30.7 Å². The van der Waals surface area contributed by atoms with Crippen LogP contribution < -0.4 is 15.4 Å². The number of thiazole rings is 1. The first-order chi connectivity index (χ1) is 9.15. The first-order valence-electron chi connectivity index (χ1n) is 5.72. The zero-order valence-corrected chi connectivity index (χ0v) is 11.6. The Morgan fingerprint density at radius 1 is 1.53 bits per heavy atom. The van der Waals surface area contributed by atoms with E-state index >= 15 is 0 Å². The van der Waals surface area contributed by atoms with E-state index in [0.29, 0.717) is 18.0 Å². The van der Waals surface area contributed by atoms with Gasteiger partial charge in [-0.15, -0.1) is 11.3 Å². The van der Waals surface area contributed by atoms with Crippen molar-refractivity contribution in [3.63, 3.8) is 0 Å². The Kier molecular flexibility index (Phi) is 4.13. The molecule has 5 nitrogen and oxygen atoms in total. The first kappa shape index (κ1) is 13.5. The number of nitrogens with two attached hydrogens (primary N) is 1. The van der Waals surface area contributed by atoms with E-state index in [-0.39, 0.29) is 5.91 Å². The summed E-state index contributed by atoms with van der Waals surface area (Å²) in [5, 5.41) is 2.48. The van der Waals surface area contributed by atoms with Gasteiger partial charge in [0.05, 0.1) is 7.11 Å². The van der Waals surface area contributed by atoms with E-state index < -0.39 is 0 Å². The van der Waals surface area contributed by atoms with Gasteiger partial charge in [0.15, 0.2) is 0 Å². The maximum absolute atomic E-state index is 12.3. The van der Waals surface area contributed by atoms with Crippen molar-refractivity contribution in [2.45, 2.75) is 6.54 Å². The van der Waals surface area contributed by atoms with E-state index in [0.717, 1.165) is 10.7 Å². The molecule has 0 radical (unpaired) electrons. The van der Waals surface area contributed by atoms with Gasteiger partial charge in [-0.2, -0.15) is 0 Å². The van der Waals surface area contributed by atoms with E-state index in [1.807, 2.05) is 18.2 Å². The van der Waals surface area contributed by atoms with Crippen LogP contribution in [0.1, 0.15) is 15.5 Å². The molecule has 0 fully saturated rings. The lowest BCUT2D eigenvalue weighted by Crippen LogP contribution is -2.26. The van der Waals surface area contributed by atoms with Gasteiger partial charge in [0.2, 0.25) is 0 Å². The third-order valence-corrected chi connectivity index (χ3v) is 3.56. The third-order valence-electron chi connectivity index (χ3n) is 2.69. The topological polar surface area (TPSA) is 68.5 Å². The predicted molar refractivity (Wildman–Crippen MR) is 75.7 cm³/mol. The zero-order chi connectivity index (χ0) is 13.8. The Hall–Kier alpha value is -1.92. The minimum absolute atomic E-state index is 0.163. The molecular weight excluding hydrogens is 262 g/mol. The largest absolute Gasteiger partial charge is 0.497 e.